The summed E-state index contributed by atoms with van der Waals surface area (Å²) in [4.78, 5) is 40.1. The van der Waals surface area contributed by atoms with Crippen LogP contribution in [0.1, 0.15) is 16.8 Å². The van der Waals surface area contributed by atoms with Crippen molar-refractivity contribution in [2.45, 2.75) is 12.7 Å². The summed E-state index contributed by atoms with van der Waals surface area (Å²) < 4.78 is 26.1. The Morgan fingerprint density at radius 1 is 1.03 bits per heavy atom. The smallest absolute Gasteiger partial charge is 0.321 e. The van der Waals surface area contributed by atoms with E-state index in [4.69, 9.17) is 9.47 Å². The first-order valence-electron chi connectivity index (χ1n) is 12.2. The van der Waals surface area contributed by atoms with Crippen molar-refractivity contribution >= 4 is 29.0 Å². The van der Waals surface area contributed by atoms with Gasteiger partial charge in [0.15, 0.2) is 11.5 Å². The van der Waals surface area contributed by atoms with Gasteiger partial charge in [0, 0.05) is 29.1 Å². The molecule has 2 aliphatic heterocycles. The number of amides is 3. The molecule has 1 atom stereocenters. The average Bonchev–Trinajstić information content (AvgIpc) is 3.44. The summed E-state index contributed by atoms with van der Waals surface area (Å²) in [6.45, 7) is 0.987. The van der Waals surface area contributed by atoms with E-state index in [9.17, 15) is 9.59 Å². The third-order valence-electron chi connectivity index (χ3n) is 6.29. The lowest BCUT2D eigenvalue weighted by Crippen LogP contribution is -2.48. The highest BCUT2D eigenvalue weighted by atomic mass is 19.1. The zero-order chi connectivity index (χ0) is 26.8. The predicted octanol–water partition coefficient (Wildman–Crippen LogP) is 3.85. The van der Waals surface area contributed by atoms with Crippen LogP contribution in [-0.2, 0) is 11.3 Å². The minimum absolute atomic E-state index is 0.137. The Balaban J connectivity index is 1.36. The molecule has 11 heteroatoms. The molecule has 0 radical (unpaired) electrons. The summed E-state index contributed by atoms with van der Waals surface area (Å²) >= 11 is 0. The molecule has 3 N–H and O–H groups in total. The Hall–Kier alpha value is -5.19. The summed E-state index contributed by atoms with van der Waals surface area (Å²) in [5.41, 5.74) is 2.64. The number of halogens is 1. The van der Waals surface area contributed by atoms with Crippen LogP contribution >= 0.6 is 0 Å². The van der Waals surface area contributed by atoms with Crippen molar-refractivity contribution in [3.05, 3.63) is 102 Å². The number of rotatable bonds is 5. The van der Waals surface area contributed by atoms with Gasteiger partial charge in [0.2, 0.25) is 6.17 Å². The Bertz CT molecular complexity index is 1570. The van der Waals surface area contributed by atoms with E-state index in [-0.39, 0.29) is 17.8 Å². The van der Waals surface area contributed by atoms with Crippen LogP contribution in [0.5, 0.6) is 11.5 Å². The fourth-order valence-corrected chi connectivity index (χ4v) is 4.51. The lowest BCUT2D eigenvalue weighted by Gasteiger charge is -2.25. The van der Waals surface area contributed by atoms with Gasteiger partial charge in [-0.15, -0.1) is 0 Å². The van der Waals surface area contributed by atoms with E-state index in [1.807, 2.05) is 0 Å². The van der Waals surface area contributed by atoms with Gasteiger partial charge in [-0.3, -0.25) is 4.79 Å². The number of para-hydroxylation sites is 1. The number of benzene rings is 3. The molecule has 3 heterocycles. The van der Waals surface area contributed by atoms with Crippen LogP contribution in [-0.4, -0.2) is 47.0 Å². The van der Waals surface area contributed by atoms with Crippen LogP contribution in [0, 0.1) is 5.82 Å². The van der Waals surface area contributed by atoms with E-state index in [1.165, 1.54) is 17.3 Å². The summed E-state index contributed by atoms with van der Waals surface area (Å²) in [5, 5.41) is 5.36. The number of aliphatic imine (C=N–C) groups is 1. The van der Waals surface area contributed by atoms with Crippen molar-refractivity contribution in [3.8, 4) is 11.5 Å². The van der Waals surface area contributed by atoms with Crippen LogP contribution in [0.4, 0.5) is 20.6 Å². The number of imidazole rings is 1. The molecule has 1 aromatic heterocycles. The molecule has 196 valence electrons. The molecule has 0 saturated carbocycles. The fraction of sp³-hybridized carbons (Fsp3) is 0.143. The Morgan fingerprint density at radius 3 is 2.59 bits per heavy atom. The van der Waals surface area contributed by atoms with Crippen LogP contribution in [0.25, 0.3) is 0 Å². The molecule has 6 rings (SSSR count). The number of aromatic nitrogens is 2. The van der Waals surface area contributed by atoms with Gasteiger partial charge in [0.1, 0.15) is 19.0 Å². The normalized spacial score (nSPS) is 16.1. The number of H-pyrrole nitrogens is 1. The van der Waals surface area contributed by atoms with Gasteiger partial charge in [-0.05, 0) is 30.3 Å². The largest absolute Gasteiger partial charge is 0.486 e. The van der Waals surface area contributed by atoms with Gasteiger partial charge >= 0.3 is 6.03 Å². The maximum atomic E-state index is 15.0. The first kappa shape index (κ1) is 24.2. The van der Waals surface area contributed by atoms with Crippen molar-refractivity contribution in [1.29, 1.82) is 0 Å². The van der Waals surface area contributed by atoms with Gasteiger partial charge in [-0.25, -0.2) is 19.2 Å². The maximum Gasteiger partial charge on any atom is 0.321 e. The number of nitrogens with one attached hydrogen (secondary N) is 3. The van der Waals surface area contributed by atoms with E-state index in [0.717, 1.165) is 0 Å². The Labute approximate surface area is 222 Å². The number of anilines is 2. The first-order chi connectivity index (χ1) is 19.1. The second-order valence-corrected chi connectivity index (χ2v) is 8.84. The number of carbonyl (C=O) groups is 2. The fourth-order valence-electron chi connectivity index (χ4n) is 4.51. The summed E-state index contributed by atoms with van der Waals surface area (Å²) in [5.74, 6) is 0.0869. The predicted molar refractivity (Wildman–Crippen MR) is 142 cm³/mol. The van der Waals surface area contributed by atoms with Crippen molar-refractivity contribution in [3.63, 3.8) is 0 Å². The summed E-state index contributed by atoms with van der Waals surface area (Å²) in [6.07, 6.45) is 1.77. The van der Waals surface area contributed by atoms with Crippen LogP contribution in [0.3, 0.4) is 0 Å². The SMILES string of the molecule is O=C(Nc1ccc2c(c1)OCCO2)N[C@@H]1N=C(c2ccccc2F)c2ccccc2N(Cc2cnc[nH]2)C1=O. The quantitative estimate of drug-likeness (QED) is 0.365. The molecule has 0 bridgehead atoms. The molecule has 0 unspecified atom stereocenters. The minimum atomic E-state index is -1.35. The number of benzodiazepines with no additional fused rings is 1. The van der Waals surface area contributed by atoms with Crippen molar-refractivity contribution in [1.82, 2.24) is 15.3 Å². The zero-order valence-electron chi connectivity index (χ0n) is 20.6. The van der Waals surface area contributed by atoms with Gasteiger partial charge < -0.3 is 30.0 Å². The number of nitrogens with zero attached hydrogens (tertiary/aromatic N) is 3. The van der Waals surface area contributed by atoms with E-state index in [0.29, 0.717) is 47.3 Å². The van der Waals surface area contributed by atoms with Gasteiger partial charge in [0.05, 0.1) is 30.0 Å². The third-order valence-corrected chi connectivity index (χ3v) is 6.29. The highest BCUT2D eigenvalue weighted by Gasteiger charge is 2.34. The standard InChI is InChI=1S/C28H23FN6O4/c29-21-7-3-1-5-19(21)25-20-6-2-4-8-22(20)35(15-18-14-30-16-31-18)27(36)26(33-25)34-28(37)32-17-9-10-23-24(13-17)39-12-11-38-23/h1-10,13-14,16,26H,11-12,15H2,(H,30,31)(H2,32,34,37)/t26-/m0/s1. The molecule has 0 spiro atoms. The lowest BCUT2D eigenvalue weighted by molar-refractivity contribution is -0.120. The van der Waals surface area contributed by atoms with E-state index < -0.39 is 23.9 Å². The maximum absolute atomic E-state index is 15.0. The number of ether oxygens (including phenoxy) is 2. The van der Waals surface area contributed by atoms with Crippen LogP contribution in [0.2, 0.25) is 0 Å². The first-order valence-corrected chi connectivity index (χ1v) is 12.2. The number of hydrogen-bond donors (Lipinski definition) is 3. The van der Waals surface area contributed by atoms with Crippen molar-refractivity contribution in [2.24, 2.45) is 4.99 Å². The molecule has 2 aliphatic rings. The number of carbonyl (C=O) groups excluding carboxylic acids is 2. The third kappa shape index (κ3) is 4.89. The lowest BCUT2D eigenvalue weighted by atomic mass is 9.99. The van der Waals surface area contributed by atoms with Crippen LogP contribution < -0.4 is 25.0 Å². The number of hydrogen-bond acceptors (Lipinski definition) is 6. The van der Waals surface area contributed by atoms with E-state index in [1.54, 1.807) is 66.9 Å². The van der Waals surface area contributed by atoms with Gasteiger partial charge in [0.25, 0.3) is 5.91 Å². The van der Waals surface area contributed by atoms with Crippen LogP contribution in [0.15, 0.2) is 84.2 Å². The van der Waals surface area contributed by atoms with Crippen molar-refractivity contribution < 1.29 is 23.5 Å². The molecule has 3 amide bonds. The van der Waals surface area contributed by atoms with Gasteiger partial charge in [-0.2, -0.15) is 0 Å². The highest BCUT2D eigenvalue weighted by molar-refractivity contribution is 6.20. The minimum Gasteiger partial charge on any atom is -0.486 e. The zero-order valence-corrected chi connectivity index (χ0v) is 20.6. The summed E-state index contributed by atoms with van der Waals surface area (Å²) in [7, 11) is 0. The van der Waals surface area contributed by atoms with Gasteiger partial charge in [-0.1, -0.05) is 30.3 Å². The molecular weight excluding hydrogens is 503 g/mol. The Morgan fingerprint density at radius 2 is 1.79 bits per heavy atom. The molecule has 10 nitrogen and oxygen atoms in total. The molecule has 39 heavy (non-hydrogen) atoms. The number of urea groups is 1. The topological polar surface area (TPSA) is 121 Å². The number of fused-ring (bicyclic) bond motifs is 2. The molecule has 0 saturated heterocycles. The average molecular weight is 527 g/mol. The van der Waals surface area contributed by atoms with E-state index in [2.05, 4.69) is 25.6 Å². The second-order valence-electron chi connectivity index (χ2n) is 8.84. The highest BCUT2D eigenvalue weighted by Crippen LogP contribution is 2.33. The second kappa shape index (κ2) is 10.3. The van der Waals surface area contributed by atoms with E-state index >= 15 is 4.39 Å². The monoisotopic (exact) mass is 526 g/mol. The molecule has 3 aromatic carbocycles. The Kier molecular flexibility index (Phi) is 6.37. The molecular formula is C28H23FN6O4. The summed E-state index contributed by atoms with van der Waals surface area (Å²) in [6, 6.07) is 17.6. The van der Waals surface area contributed by atoms with Crippen molar-refractivity contribution in [2.75, 3.05) is 23.4 Å². The number of aromatic amines is 1. The molecule has 0 aliphatic carbocycles. The molecule has 0 fully saturated rings. The molecule has 4 aromatic rings.